The van der Waals surface area contributed by atoms with Crippen LogP contribution in [0.2, 0.25) is 0 Å². The maximum Gasteiger partial charge on any atom is 0.221 e. The zero-order valence-corrected chi connectivity index (χ0v) is 11.4. The van der Waals surface area contributed by atoms with Crippen LogP contribution >= 0.6 is 0 Å². The van der Waals surface area contributed by atoms with Crippen molar-refractivity contribution in [3.63, 3.8) is 0 Å². The number of ether oxygens (including phenoxy) is 1. The van der Waals surface area contributed by atoms with Gasteiger partial charge in [0.25, 0.3) is 0 Å². The van der Waals surface area contributed by atoms with Crippen LogP contribution in [0.4, 0.5) is 5.82 Å². The molecule has 100 valence electrons. The van der Waals surface area contributed by atoms with E-state index in [4.69, 9.17) is 4.74 Å². The number of fused-ring (bicyclic) bond motifs is 1. The van der Waals surface area contributed by atoms with Crippen molar-refractivity contribution in [1.29, 1.82) is 0 Å². The van der Waals surface area contributed by atoms with Crippen LogP contribution in [0.5, 0.6) is 11.6 Å². The Bertz CT molecular complexity index is 756. The Labute approximate surface area is 117 Å². The van der Waals surface area contributed by atoms with Crippen LogP contribution in [-0.4, -0.2) is 17.0 Å². The molecule has 0 radical (unpaired) electrons. The highest BCUT2D eigenvalue weighted by atomic mass is 16.5. The number of nitrogens with zero attached hydrogens (tertiary/aromatic N) is 2. The summed E-state index contributed by atoms with van der Waals surface area (Å²) in [4.78, 5) is 8.90. The lowest BCUT2D eigenvalue weighted by Crippen LogP contribution is -1.95. The number of hydrogen-bond acceptors (Lipinski definition) is 4. The molecule has 0 saturated carbocycles. The number of para-hydroxylation sites is 1. The van der Waals surface area contributed by atoms with E-state index >= 15 is 0 Å². The van der Waals surface area contributed by atoms with Gasteiger partial charge in [0.2, 0.25) is 5.88 Å². The van der Waals surface area contributed by atoms with Crippen molar-refractivity contribution in [2.45, 2.75) is 6.92 Å². The van der Waals surface area contributed by atoms with Crippen molar-refractivity contribution in [2.24, 2.45) is 0 Å². The van der Waals surface area contributed by atoms with Crippen LogP contribution < -0.4 is 10.1 Å². The number of nitrogens with one attached hydrogen (secondary N) is 1. The Morgan fingerprint density at radius 1 is 0.950 bits per heavy atom. The van der Waals surface area contributed by atoms with Crippen LogP contribution in [0.15, 0.2) is 48.5 Å². The number of benzene rings is 1. The monoisotopic (exact) mass is 265 g/mol. The van der Waals surface area contributed by atoms with Crippen LogP contribution in [0, 0.1) is 6.92 Å². The Balaban J connectivity index is 2.03. The van der Waals surface area contributed by atoms with Gasteiger partial charge in [-0.15, -0.1) is 0 Å². The molecule has 0 fully saturated rings. The maximum absolute atomic E-state index is 5.88. The lowest BCUT2D eigenvalue weighted by Gasteiger charge is -2.09. The minimum absolute atomic E-state index is 0.549. The SMILES string of the molecule is CNc1cccc(Oc2cccc3ccc(C)nc23)n1. The van der Waals surface area contributed by atoms with E-state index in [0.717, 1.165) is 22.4 Å². The Hall–Kier alpha value is -2.62. The van der Waals surface area contributed by atoms with Crippen molar-refractivity contribution in [3.8, 4) is 11.6 Å². The summed E-state index contributed by atoms with van der Waals surface area (Å²) in [5, 5.41) is 4.05. The number of pyridine rings is 2. The summed E-state index contributed by atoms with van der Waals surface area (Å²) >= 11 is 0. The first-order chi connectivity index (χ1) is 9.76. The molecule has 4 nitrogen and oxygen atoms in total. The fraction of sp³-hybridized carbons (Fsp3) is 0.125. The summed E-state index contributed by atoms with van der Waals surface area (Å²) in [6.07, 6.45) is 0. The van der Waals surface area contributed by atoms with E-state index in [1.807, 2.05) is 62.5 Å². The fourth-order valence-electron chi connectivity index (χ4n) is 2.02. The Morgan fingerprint density at radius 2 is 1.80 bits per heavy atom. The number of aromatic nitrogens is 2. The molecule has 0 aliphatic heterocycles. The molecule has 0 aliphatic carbocycles. The van der Waals surface area contributed by atoms with E-state index in [1.165, 1.54) is 0 Å². The van der Waals surface area contributed by atoms with Gasteiger partial charge in [0.05, 0.1) is 0 Å². The van der Waals surface area contributed by atoms with Crippen LogP contribution in [0.25, 0.3) is 10.9 Å². The van der Waals surface area contributed by atoms with Crippen LogP contribution in [0.3, 0.4) is 0 Å². The van der Waals surface area contributed by atoms with Gasteiger partial charge in [-0.1, -0.05) is 24.3 Å². The van der Waals surface area contributed by atoms with E-state index in [2.05, 4.69) is 15.3 Å². The molecular formula is C16H15N3O. The second kappa shape index (κ2) is 5.17. The summed E-state index contributed by atoms with van der Waals surface area (Å²) < 4.78 is 5.88. The lowest BCUT2D eigenvalue weighted by atomic mass is 10.2. The average Bonchev–Trinajstić information content (AvgIpc) is 2.48. The van der Waals surface area contributed by atoms with Gasteiger partial charge in [0.1, 0.15) is 11.3 Å². The summed E-state index contributed by atoms with van der Waals surface area (Å²) in [6, 6.07) is 15.5. The quantitative estimate of drug-likeness (QED) is 0.783. The number of anilines is 1. The number of rotatable bonds is 3. The van der Waals surface area contributed by atoms with E-state index in [0.29, 0.717) is 11.6 Å². The number of hydrogen-bond donors (Lipinski definition) is 1. The van der Waals surface area contributed by atoms with Gasteiger partial charge in [0, 0.05) is 24.2 Å². The normalized spacial score (nSPS) is 10.5. The smallest absolute Gasteiger partial charge is 0.221 e. The van der Waals surface area contributed by atoms with Crippen molar-refractivity contribution < 1.29 is 4.74 Å². The lowest BCUT2D eigenvalue weighted by molar-refractivity contribution is 0.468. The molecule has 0 spiro atoms. The molecule has 1 N–H and O–H groups in total. The van der Waals surface area contributed by atoms with Gasteiger partial charge in [-0.3, -0.25) is 0 Å². The first kappa shape index (κ1) is 12.4. The molecule has 0 atom stereocenters. The highest BCUT2D eigenvalue weighted by Gasteiger charge is 2.06. The first-order valence-electron chi connectivity index (χ1n) is 6.45. The van der Waals surface area contributed by atoms with E-state index in [1.54, 1.807) is 0 Å². The maximum atomic E-state index is 5.88. The van der Waals surface area contributed by atoms with Crippen molar-refractivity contribution in [3.05, 3.63) is 54.2 Å². The van der Waals surface area contributed by atoms with Gasteiger partial charge >= 0.3 is 0 Å². The molecule has 4 heteroatoms. The molecule has 0 saturated heterocycles. The van der Waals surface area contributed by atoms with E-state index in [9.17, 15) is 0 Å². The molecule has 2 aromatic heterocycles. The molecule has 2 heterocycles. The van der Waals surface area contributed by atoms with Crippen molar-refractivity contribution >= 4 is 16.7 Å². The van der Waals surface area contributed by atoms with Gasteiger partial charge in [-0.25, -0.2) is 4.98 Å². The molecular weight excluding hydrogens is 250 g/mol. The van der Waals surface area contributed by atoms with Crippen molar-refractivity contribution in [1.82, 2.24) is 9.97 Å². The summed E-state index contributed by atoms with van der Waals surface area (Å²) in [5.74, 6) is 2.03. The largest absolute Gasteiger partial charge is 0.437 e. The Morgan fingerprint density at radius 3 is 2.65 bits per heavy atom. The van der Waals surface area contributed by atoms with E-state index in [-0.39, 0.29) is 0 Å². The average molecular weight is 265 g/mol. The zero-order chi connectivity index (χ0) is 13.9. The predicted octanol–water partition coefficient (Wildman–Crippen LogP) is 3.77. The molecule has 1 aromatic carbocycles. The van der Waals surface area contributed by atoms with E-state index < -0.39 is 0 Å². The molecule has 0 amide bonds. The third-order valence-electron chi connectivity index (χ3n) is 3.02. The third-order valence-corrected chi connectivity index (χ3v) is 3.02. The third kappa shape index (κ3) is 2.40. The molecule has 0 bridgehead atoms. The molecule has 0 aliphatic rings. The van der Waals surface area contributed by atoms with Gasteiger partial charge in [0.15, 0.2) is 5.75 Å². The minimum atomic E-state index is 0.549. The highest BCUT2D eigenvalue weighted by Crippen LogP contribution is 2.28. The summed E-state index contributed by atoms with van der Waals surface area (Å²) in [5.41, 5.74) is 1.81. The number of aryl methyl sites for hydroxylation is 1. The van der Waals surface area contributed by atoms with Crippen LogP contribution in [-0.2, 0) is 0 Å². The summed E-state index contributed by atoms with van der Waals surface area (Å²) in [6.45, 7) is 1.97. The van der Waals surface area contributed by atoms with Gasteiger partial charge < -0.3 is 10.1 Å². The van der Waals surface area contributed by atoms with Gasteiger partial charge in [-0.05, 0) is 25.1 Å². The molecule has 20 heavy (non-hydrogen) atoms. The highest BCUT2D eigenvalue weighted by molar-refractivity contribution is 5.84. The summed E-state index contributed by atoms with van der Waals surface area (Å²) in [7, 11) is 1.83. The second-order valence-electron chi connectivity index (χ2n) is 4.49. The van der Waals surface area contributed by atoms with Gasteiger partial charge in [-0.2, -0.15) is 4.98 Å². The Kier molecular flexibility index (Phi) is 3.21. The minimum Gasteiger partial charge on any atom is -0.437 e. The molecule has 0 unspecified atom stereocenters. The first-order valence-corrected chi connectivity index (χ1v) is 6.45. The zero-order valence-electron chi connectivity index (χ0n) is 11.4. The molecule has 3 aromatic rings. The fourth-order valence-corrected chi connectivity index (χ4v) is 2.02. The standard InChI is InChI=1S/C16H15N3O/c1-11-9-10-12-5-3-6-13(16(12)18-11)20-15-8-4-7-14(17-2)19-15/h3-10H,1-2H3,(H,17,19). The van der Waals surface area contributed by atoms with Crippen LogP contribution in [0.1, 0.15) is 5.69 Å². The molecule has 3 rings (SSSR count). The van der Waals surface area contributed by atoms with Crippen molar-refractivity contribution in [2.75, 3.05) is 12.4 Å². The topological polar surface area (TPSA) is 47.0 Å². The second-order valence-corrected chi connectivity index (χ2v) is 4.49. The predicted molar refractivity (Wildman–Crippen MR) is 80.3 cm³/mol.